The lowest BCUT2D eigenvalue weighted by Gasteiger charge is -2.34. The van der Waals surface area contributed by atoms with Gasteiger partial charge in [0.15, 0.2) is 5.78 Å². The van der Waals surface area contributed by atoms with Crippen molar-refractivity contribution in [1.29, 1.82) is 0 Å². The van der Waals surface area contributed by atoms with Crippen molar-refractivity contribution in [1.82, 2.24) is 4.90 Å². The molecule has 5 rings (SSSR count). The van der Waals surface area contributed by atoms with Crippen molar-refractivity contribution in [3.8, 4) is 5.75 Å². The average Bonchev–Trinajstić information content (AvgIpc) is 2.92. The Morgan fingerprint density at radius 1 is 0.806 bits per heavy atom. The molecule has 0 radical (unpaired) electrons. The molecule has 6 heteroatoms. The van der Waals surface area contributed by atoms with E-state index in [1.807, 2.05) is 4.90 Å². The van der Waals surface area contributed by atoms with E-state index in [0.29, 0.717) is 28.1 Å². The number of hydrogen-bond acceptors (Lipinski definition) is 6. The number of anilines is 1. The fraction of sp³-hybridized carbons (Fsp3) is 0.167. The molecule has 1 aliphatic heterocycles. The van der Waals surface area contributed by atoms with E-state index in [4.69, 9.17) is 0 Å². The van der Waals surface area contributed by atoms with Crippen LogP contribution in [-0.4, -0.2) is 40.4 Å². The van der Waals surface area contributed by atoms with Crippen molar-refractivity contribution in [2.75, 3.05) is 18.4 Å². The minimum Gasteiger partial charge on any atom is -0.508 e. The van der Waals surface area contributed by atoms with E-state index in [9.17, 15) is 19.5 Å². The summed E-state index contributed by atoms with van der Waals surface area (Å²) in [7, 11) is 0. The van der Waals surface area contributed by atoms with Gasteiger partial charge in [-0.15, -0.1) is 0 Å². The number of ketones is 3. The summed E-state index contributed by atoms with van der Waals surface area (Å²) in [6.45, 7) is 1.48. The number of piperidine rings is 1. The van der Waals surface area contributed by atoms with E-state index in [1.54, 1.807) is 78.9 Å². The molecule has 0 atom stereocenters. The van der Waals surface area contributed by atoms with Crippen LogP contribution in [-0.2, 0) is 0 Å². The van der Waals surface area contributed by atoms with Crippen molar-refractivity contribution in [3.05, 3.63) is 113 Å². The molecule has 6 nitrogen and oxygen atoms in total. The molecule has 36 heavy (non-hydrogen) atoms. The van der Waals surface area contributed by atoms with Crippen LogP contribution < -0.4 is 5.32 Å². The largest absolute Gasteiger partial charge is 0.508 e. The Morgan fingerprint density at radius 2 is 1.44 bits per heavy atom. The zero-order valence-electron chi connectivity index (χ0n) is 19.7. The molecule has 1 fully saturated rings. The maximum atomic E-state index is 13.5. The third kappa shape index (κ3) is 4.70. The molecule has 2 aliphatic rings. The maximum Gasteiger partial charge on any atom is 0.212 e. The molecule has 0 spiro atoms. The van der Waals surface area contributed by atoms with E-state index < -0.39 is 0 Å². The number of nitrogens with one attached hydrogen (secondary N) is 1. The van der Waals surface area contributed by atoms with Gasteiger partial charge in [-0.3, -0.25) is 14.4 Å². The number of aromatic hydroxyl groups is 1. The van der Waals surface area contributed by atoms with Gasteiger partial charge in [-0.2, -0.15) is 0 Å². The second kappa shape index (κ2) is 10.0. The van der Waals surface area contributed by atoms with Gasteiger partial charge in [0.05, 0.1) is 0 Å². The summed E-state index contributed by atoms with van der Waals surface area (Å²) in [5.74, 6) is -0.342. The molecule has 180 valence electrons. The highest BCUT2D eigenvalue weighted by molar-refractivity contribution is 6.27. The number of Topliss-reactive ketones (excluding diaryl/α,β-unsaturated/α-hetero) is 2. The van der Waals surface area contributed by atoms with Gasteiger partial charge in [-0.05, 0) is 67.3 Å². The van der Waals surface area contributed by atoms with Crippen LogP contribution in [0.3, 0.4) is 0 Å². The van der Waals surface area contributed by atoms with Crippen molar-refractivity contribution in [2.45, 2.75) is 19.3 Å². The summed E-state index contributed by atoms with van der Waals surface area (Å²) in [4.78, 5) is 41.5. The number of likely N-dealkylation sites (tertiary alicyclic amines) is 1. The van der Waals surface area contributed by atoms with Crippen LogP contribution in [0.25, 0.3) is 6.08 Å². The Hall–Kier alpha value is -4.45. The highest BCUT2D eigenvalue weighted by atomic mass is 16.3. The number of carbonyl (C=O) groups excluding carboxylic acids is 3. The number of carbonyl (C=O) groups is 3. The minimum atomic E-state index is -0.206. The lowest BCUT2D eigenvalue weighted by atomic mass is 9.89. The summed E-state index contributed by atoms with van der Waals surface area (Å²) in [6.07, 6.45) is 6.24. The first-order valence-corrected chi connectivity index (χ1v) is 12.1. The normalized spacial score (nSPS) is 15.8. The summed E-state index contributed by atoms with van der Waals surface area (Å²) in [6, 6.07) is 20.4. The van der Waals surface area contributed by atoms with Crippen LogP contribution in [0.1, 0.15) is 55.9 Å². The van der Waals surface area contributed by atoms with Crippen molar-refractivity contribution < 1.29 is 19.5 Å². The Kier molecular flexibility index (Phi) is 6.50. The van der Waals surface area contributed by atoms with Crippen LogP contribution in [0, 0.1) is 0 Å². The summed E-state index contributed by atoms with van der Waals surface area (Å²) >= 11 is 0. The highest BCUT2D eigenvalue weighted by Crippen LogP contribution is 2.31. The van der Waals surface area contributed by atoms with E-state index in [1.165, 1.54) is 6.08 Å². The van der Waals surface area contributed by atoms with Crippen molar-refractivity contribution >= 4 is 29.1 Å². The van der Waals surface area contributed by atoms with E-state index >= 15 is 0 Å². The van der Waals surface area contributed by atoms with Crippen LogP contribution in [0.4, 0.5) is 5.69 Å². The number of nitrogens with zero attached hydrogens (tertiary/aromatic N) is 1. The number of rotatable bonds is 6. The summed E-state index contributed by atoms with van der Waals surface area (Å²) in [5, 5.41) is 12.6. The van der Waals surface area contributed by atoms with E-state index in [-0.39, 0.29) is 28.8 Å². The second-order valence-corrected chi connectivity index (χ2v) is 8.97. The monoisotopic (exact) mass is 478 g/mol. The molecule has 0 unspecified atom stereocenters. The molecule has 0 bridgehead atoms. The first-order chi connectivity index (χ1) is 17.5. The van der Waals surface area contributed by atoms with Gasteiger partial charge in [-0.25, -0.2) is 0 Å². The van der Waals surface area contributed by atoms with Crippen molar-refractivity contribution in [3.63, 3.8) is 0 Å². The molecular formula is C30H26N2O4. The fourth-order valence-electron chi connectivity index (χ4n) is 4.61. The van der Waals surface area contributed by atoms with Gasteiger partial charge in [0.2, 0.25) is 11.6 Å². The quantitative estimate of drug-likeness (QED) is 0.361. The van der Waals surface area contributed by atoms with E-state index in [2.05, 4.69) is 5.32 Å². The molecule has 1 aliphatic carbocycles. The molecule has 1 heterocycles. The zero-order chi connectivity index (χ0) is 25.1. The summed E-state index contributed by atoms with van der Waals surface area (Å²) < 4.78 is 0. The van der Waals surface area contributed by atoms with Gasteiger partial charge < -0.3 is 15.3 Å². The van der Waals surface area contributed by atoms with Gasteiger partial charge in [0.25, 0.3) is 0 Å². The van der Waals surface area contributed by atoms with Gasteiger partial charge in [-0.1, -0.05) is 42.5 Å². The number of hydrogen-bond donors (Lipinski definition) is 2. The molecular weight excluding hydrogens is 452 g/mol. The van der Waals surface area contributed by atoms with Gasteiger partial charge in [0.1, 0.15) is 17.1 Å². The number of fused-ring (bicyclic) bond motifs is 1. The van der Waals surface area contributed by atoms with Crippen LogP contribution in [0.15, 0.2) is 90.3 Å². The van der Waals surface area contributed by atoms with Gasteiger partial charge >= 0.3 is 0 Å². The minimum absolute atomic E-state index is 0.138. The predicted molar refractivity (Wildman–Crippen MR) is 139 cm³/mol. The average molecular weight is 479 g/mol. The number of phenols is 1. The lowest BCUT2D eigenvalue weighted by Crippen LogP contribution is -2.39. The topological polar surface area (TPSA) is 86.7 Å². The van der Waals surface area contributed by atoms with Gasteiger partial charge in [0, 0.05) is 35.5 Å². The molecule has 3 aromatic carbocycles. The standard InChI is InChI=1S/C30H26N2O4/c33-23-15-8-20(9-16-23)10-17-26(34)21-11-13-22(14-12-21)31-27-28(32-18-4-1-5-19-32)30(36)25-7-3-2-6-24(25)29(27)35/h2-3,6-17,31,33H,1,4-5,18-19H2/b17-10+. The molecule has 2 N–H and O–H groups in total. The molecule has 0 saturated carbocycles. The Balaban J connectivity index is 1.40. The summed E-state index contributed by atoms with van der Waals surface area (Å²) in [5.41, 5.74) is 3.47. The van der Waals surface area contributed by atoms with Crippen LogP contribution >= 0.6 is 0 Å². The molecule has 0 amide bonds. The number of allylic oxidation sites excluding steroid dienone is 3. The molecule has 0 aromatic heterocycles. The van der Waals surface area contributed by atoms with E-state index in [0.717, 1.165) is 37.9 Å². The molecule has 3 aromatic rings. The number of benzene rings is 3. The Labute approximate surface area is 209 Å². The maximum absolute atomic E-state index is 13.5. The zero-order valence-corrected chi connectivity index (χ0v) is 19.7. The third-order valence-corrected chi connectivity index (χ3v) is 6.53. The first kappa shape index (κ1) is 23.3. The SMILES string of the molecule is O=C(/C=C/c1ccc(O)cc1)c1ccc(NC2=C(N3CCCCC3)C(=O)c3ccccc3C2=O)cc1. The highest BCUT2D eigenvalue weighted by Gasteiger charge is 2.35. The van der Waals surface area contributed by atoms with Crippen molar-refractivity contribution in [2.24, 2.45) is 0 Å². The van der Waals surface area contributed by atoms with Crippen LogP contribution in [0.2, 0.25) is 0 Å². The number of phenolic OH excluding ortho intramolecular Hbond substituents is 1. The lowest BCUT2D eigenvalue weighted by molar-refractivity contribution is 0.0935. The Morgan fingerprint density at radius 3 is 2.11 bits per heavy atom. The fourth-order valence-corrected chi connectivity index (χ4v) is 4.61. The smallest absolute Gasteiger partial charge is 0.212 e. The second-order valence-electron chi connectivity index (χ2n) is 8.97. The first-order valence-electron chi connectivity index (χ1n) is 12.1. The molecule has 1 saturated heterocycles. The third-order valence-electron chi connectivity index (χ3n) is 6.53. The Bertz CT molecular complexity index is 1380. The predicted octanol–water partition coefficient (Wildman–Crippen LogP) is 5.48. The van der Waals surface area contributed by atoms with Crippen LogP contribution in [0.5, 0.6) is 5.75 Å².